The molecular formula is C28H26ClNO7. The first kappa shape index (κ1) is 25.9. The molecule has 37 heavy (non-hydrogen) atoms. The second kappa shape index (κ2) is 10.8. The zero-order valence-electron chi connectivity index (χ0n) is 20.8. The zero-order chi connectivity index (χ0) is 26.7. The molecule has 1 atom stereocenters. The Labute approximate surface area is 219 Å². The van der Waals surface area contributed by atoms with Gasteiger partial charge in [0.15, 0.2) is 11.5 Å². The largest absolute Gasteiger partial charge is 0.507 e. The van der Waals surface area contributed by atoms with Gasteiger partial charge in [-0.1, -0.05) is 17.7 Å². The van der Waals surface area contributed by atoms with Gasteiger partial charge in [0, 0.05) is 11.3 Å². The Morgan fingerprint density at radius 3 is 2.19 bits per heavy atom. The van der Waals surface area contributed by atoms with Crippen LogP contribution in [0.4, 0.5) is 5.69 Å². The van der Waals surface area contributed by atoms with E-state index < -0.39 is 23.5 Å². The number of nitrogens with zero attached hydrogens (tertiary/aromatic N) is 1. The summed E-state index contributed by atoms with van der Waals surface area (Å²) in [5.41, 5.74) is 1.00. The van der Waals surface area contributed by atoms with Gasteiger partial charge in [-0.2, -0.15) is 0 Å². The molecule has 1 N–H and O–H groups in total. The number of aliphatic hydroxyl groups excluding tert-OH is 1. The average Bonchev–Trinajstić information content (AvgIpc) is 3.18. The van der Waals surface area contributed by atoms with Crippen molar-refractivity contribution in [2.24, 2.45) is 0 Å². The lowest BCUT2D eigenvalue weighted by Gasteiger charge is -2.26. The quantitative estimate of drug-likeness (QED) is 0.240. The van der Waals surface area contributed by atoms with Crippen molar-refractivity contribution in [3.8, 4) is 23.0 Å². The number of amides is 1. The van der Waals surface area contributed by atoms with E-state index in [1.807, 2.05) is 6.92 Å². The average molecular weight is 524 g/mol. The summed E-state index contributed by atoms with van der Waals surface area (Å²) in [5, 5.41) is 11.6. The first-order valence-corrected chi connectivity index (χ1v) is 11.8. The van der Waals surface area contributed by atoms with E-state index in [0.717, 1.165) is 0 Å². The summed E-state index contributed by atoms with van der Waals surface area (Å²) in [5.74, 6) is -0.162. The number of carbonyl (C=O) groups is 2. The van der Waals surface area contributed by atoms with Gasteiger partial charge in [0.2, 0.25) is 0 Å². The molecule has 1 aliphatic heterocycles. The van der Waals surface area contributed by atoms with Gasteiger partial charge in [-0.15, -0.1) is 0 Å². The van der Waals surface area contributed by atoms with Gasteiger partial charge in [-0.3, -0.25) is 14.5 Å². The zero-order valence-corrected chi connectivity index (χ0v) is 21.5. The minimum absolute atomic E-state index is 0.124. The van der Waals surface area contributed by atoms with Crippen LogP contribution in [0.25, 0.3) is 5.76 Å². The number of hydrogen-bond donors (Lipinski definition) is 1. The Morgan fingerprint density at radius 1 is 0.892 bits per heavy atom. The Kier molecular flexibility index (Phi) is 7.59. The van der Waals surface area contributed by atoms with Crippen molar-refractivity contribution < 1.29 is 33.6 Å². The Hall–Kier alpha value is -4.17. The summed E-state index contributed by atoms with van der Waals surface area (Å²) in [6.07, 6.45) is 0. The summed E-state index contributed by atoms with van der Waals surface area (Å²) in [7, 11) is 4.47. The second-order valence-electron chi connectivity index (χ2n) is 8.06. The van der Waals surface area contributed by atoms with E-state index in [4.69, 9.17) is 30.5 Å². The van der Waals surface area contributed by atoms with Crippen molar-refractivity contribution in [3.63, 3.8) is 0 Å². The number of ether oxygens (including phenoxy) is 4. The van der Waals surface area contributed by atoms with E-state index in [0.29, 0.717) is 40.9 Å². The summed E-state index contributed by atoms with van der Waals surface area (Å²) in [6, 6.07) is 15.5. The maximum atomic E-state index is 13.4. The van der Waals surface area contributed by atoms with Gasteiger partial charge >= 0.3 is 0 Å². The SMILES string of the molecule is CCOc1ccc(N2C(=O)C(=O)/C(=C(/O)c3cc(OC)ccc3Cl)C2c2ccc(OC)c(OC)c2)cc1. The van der Waals surface area contributed by atoms with Gasteiger partial charge < -0.3 is 24.1 Å². The number of Topliss-reactive ketones (excluding diaryl/α,β-unsaturated/α-hetero) is 1. The molecule has 3 aromatic carbocycles. The lowest BCUT2D eigenvalue weighted by Crippen LogP contribution is -2.29. The molecule has 0 spiro atoms. The van der Waals surface area contributed by atoms with Crippen LogP contribution in [0.3, 0.4) is 0 Å². The third kappa shape index (κ3) is 4.80. The molecule has 1 amide bonds. The predicted octanol–water partition coefficient (Wildman–Crippen LogP) is 5.39. The van der Waals surface area contributed by atoms with E-state index in [-0.39, 0.29) is 16.2 Å². The third-order valence-corrected chi connectivity index (χ3v) is 6.35. The maximum absolute atomic E-state index is 13.4. The Morgan fingerprint density at radius 2 is 1.57 bits per heavy atom. The Bertz CT molecular complexity index is 1370. The van der Waals surface area contributed by atoms with E-state index in [1.54, 1.807) is 54.6 Å². The molecule has 4 rings (SSSR count). The van der Waals surface area contributed by atoms with Crippen molar-refractivity contribution >= 4 is 34.7 Å². The number of methoxy groups -OCH3 is 3. The van der Waals surface area contributed by atoms with Crippen LogP contribution in [0.15, 0.2) is 66.2 Å². The highest BCUT2D eigenvalue weighted by molar-refractivity contribution is 6.52. The Balaban J connectivity index is 1.96. The molecule has 1 heterocycles. The van der Waals surface area contributed by atoms with Crippen molar-refractivity contribution in [1.29, 1.82) is 0 Å². The fourth-order valence-electron chi connectivity index (χ4n) is 4.26. The standard InChI is InChI=1S/C28H26ClNO7/c1-5-37-18-9-7-17(8-10-18)30-25(16-6-13-22(35-3)23(14-16)36-4)24(27(32)28(30)33)26(31)20-15-19(34-2)11-12-21(20)29/h6-15,25,31H,5H2,1-4H3/b26-24+. The van der Waals surface area contributed by atoms with Crippen LogP contribution in [-0.4, -0.2) is 44.7 Å². The number of benzene rings is 3. The van der Waals surface area contributed by atoms with Crippen LogP contribution in [0.1, 0.15) is 24.1 Å². The highest BCUT2D eigenvalue weighted by Gasteiger charge is 2.47. The van der Waals surface area contributed by atoms with Crippen molar-refractivity contribution in [2.75, 3.05) is 32.8 Å². The first-order valence-electron chi connectivity index (χ1n) is 11.4. The molecule has 1 fully saturated rings. The minimum Gasteiger partial charge on any atom is -0.507 e. The number of aliphatic hydroxyl groups is 1. The molecule has 8 nitrogen and oxygen atoms in total. The third-order valence-electron chi connectivity index (χ3n) is 6.02. The summed E-state index contributed by atoms with van der Waals surface area (Å²) in [6.45, 7) is 2.35. The number of halogens is 1. The molecule has 1 unspecified atom stereocenters. The number of ketones is 1. The fourth-order valence-corrected chi connectivity index (χ4v) is 4.47. The number of anilines is 1. The molecule has 0 saturated carbocycles. The molecule has 0 aliphatic carbocycles. The second-order valence-corrected chi connectivity index (χ2v) is 8.46. The van der Waals surface area contributed by atoms with Gasteiger partial charge in [0.1, 0.15) is 17.3 Å². The lowest BCUT2D eigenvalue weighted by molar-refractivity contribution is -0.132. The highest BCUT2D eigenvalue weighted by atomic mass is 35.5. The number of carbonyl (C=O) groups excluding carboxylic acids is 2. The number of hydrogen-bond acceptors (Lipinski definition) is 7. The lowest BCUT2D eigenvalue weighted by atomic mass is 9.94. The molecule has 9 heteroatoms. The maximum Gasteiger partial charge on any atom is 0.300 e. The van der Waals surface area contributed by atoms with Gasteiger partial charge in [0.25, 0.3) is 11.7 Å². The summed E-state index contributed by atoms with van der Waals surface area (Å²) >= 11 is 6.38. The van der Waals surface area contributed by atoms with Crippen molar-refractivity contribution in [3.05, 3.63) is 82.4 Å². The molecule has 3 aromatic rings. The molecule has 1 saturated heterocycles. The molecular weight excluding hydrogens is 498 g/mol. The molecule has 192 valence electrons. The van der Waals surface area contributed by atoms with E-state index in [9.17, 15) is 14.7 Å². The van der Waals surface area contributed by atoms with E-state index >= 15 is 0 Å². The van der Waals surface area contributed by atoms with E-state index in [1.165, 1.54) is 32.3 Å². The normalized spacial score (nSPS) is 16.6. The fraction of sp³-hybridized carbons (Fsp3) is 0.214. The van der Waals surface area contributed by atoms with Gasteiger partial charge in [-0.05, 0) is 67.1 Å². The predicted molar refractivity (Wildman–Crippen MR) is 140 cm³/mol. The summed E-state index contributed by atoms with van der Waals surface area (Å²) < 4.78 is 21.6. The molecule has 0 aromatic heterocycles. The summed E-state index contributed by atoms with van der Waals surface area (Å²) in [4.78, 5) is 28.2. The topological polar surface area (TPSA) is 94.5 Å². The highest BCUT2D eigenvalue weighted by Crippen LogP contribution is 2.45. The van der Waals surface area contributed by atoms with Crippen LogP contribution in [0, 0.1) is 0 Å². The van der Waals surface area contributed by atoms with Crippen LogP contribution < -0.4 is 23.8 Å². The van der Waals surface area contributed by atoms with Gasteiger partial charge in [0.05, 0.1) is 44.6 Å². The first-order chi connectivity index (χ1) is 17.8. The van der Waals surface area contributed by atoms with Crippen LogP contribution in [0.2, 0.25) is 5.02 Å². The molecule has 0 bridgehead atoms. The smallest absolute Gasteiger partial charge is 0.300 e. The molecule has 0 radical (unpaired) electrons. The number of rotatable bonds is 8. The molecule has 1 aliphatic rings. The minimum atomic E-state index is -0.986. The van der Waals surface area contributed by atoms with Crippen molar-refractivity contribution in [2.45, 2.75) is 13.0 Å². The van der Waals surface area contributed by atoms with E-state index in [2.05, 4.69) is 0 Å². The van der Waals surface area contributed by atoms with Crippen LogP contribution in [-0.2, 0) is 9.59 Å². The van der Waals surface area contributed by atoms with Crippen LogP contribution >= 0.6 is 11.6 Å². The van der Waals surface area contributed by atoms with Crippen molar-refractivity contribution in [1.82, 2.24) is 0 Å². The van der Waals surface area contributed by atoms with Gasteiger partial charge in [-0.25, -0.2) is 0 Å². The monoisotopic (exact) mass is 523 g/mol. The van der Waals surface area contributed by atoms with Crippen LogP contribution in [0.5, 0.6) is 23.0 Å².